The van der Waals surface area contributed by atoms with Crippen LogP contribution in [0.4, 0.5) is 18.9 Å². The highest BCUT2D eigenvalue weighted by atomic mass is 19.4. The molecule has 0 atom stereocenters. The Balaban J connectivity index is 1.40. The number of amides is 1. The smallest absolute Gasteiger partial charge is 0.416 e. The molecule has 1 N–H and O–H groups in total. The number of anilines is 1. The number of halogens is 3. The zero-order valence-electron chi connectivity index (χ0n) is 15.0. The van der Waals surface area contributed by atoms with Gasteiger partial charge in [0.05, 0.1) is 17.7 Å². The molecular weight excluding hydrogens is 389 g/mol. The summed E-state index contributed by atoms with van der Waals surface area (Å²) in [6, 6.07) is 11.2. The summed E-state index contributed by atoms with van der Waals surface area (Å²) in [7, 11) is 0. The molecule has 29 heavy (non-hydrogen) atoms. The van der Waals surface area contributed by atoms with Crippen molar-refractivity contribution >= 4 is 11.6 Å². The summed E-state index contributed by atoms with van der Waals surface area (Å²) in [5, 5.41) is 6.41. The van der Waals surface area contributed by atoms with Gasteiger partial charge in [-0.25, -0.2) is 0 Å². The van der Waals surface area contributed by atoms with Crippen molar-refractivity contribution in [3.8, 4) is 22.8 Å². The number of fused-ring (bicyclic) bond motifs is 1. The van der Waals surface area contributed by atoms with Gasteiger partial charge in [0.2, 0.25) is 5.91 Å². The fraction of sp³-hybridized carbons (Fsp3) is 0.200. The number of hydrogen-bond acceptors (Lipinski definition) is 5. The van der Waals surface area contributed by atoms with Crippen LogP contribution in [0.25, 0.3) is 11.3 Å². The monoisotopic (exact) mass is 404 g/mol. The lowest BCUT2D eigenvalue weighted by Gasteiger charge is -2.18. The van der Waals surface area contributed by atoms with Gasteiger partial charge in [0, 0.05) is 17.3 Å². The Morgan fingerprint density at radius 3 is 2.45 bits per heavy atom. The third-order valence-corrected chi connectivity index (χ3v) is 4.22. The first-order valence-electron chi connectivity index (χ1n) is 8.71. The minimum Gasteiger partial charge on any atom is -0.486 e. The van der Waals surface area contributed by atoms with Gasteiger partial charge in [-0.15, -0.1) is 0 Å². The van der Waals surface area contributed by atoms with E-state index in [2.05, 4.69) is 10.5 Å². The van der Waals surface area contributed by atoms with Gasteiger partial charge in [0.1, 0.15) is 13.2 Å². The summed E-state index contributed by atoms with van der Waals surface area (Å²) in [6.07, 6.45) is -4.51. The van der Waals surface area contributed by atoms with Crippen LogP contribution in [0.5, 0.6) is 11.5 Å². The fourth-order valence-corrected chi connectivity index (χ4v) is 2.84. The maximum Gasteiger partial charge on any atom is 0.416 e. The van der Waals surface area contributed by atoms with E-state index in [0.29, 0.717) is 36.2 Å². The number of nitrogens with zero attached hydrogens (tertiary/aromatic N) is 1. The molecule has 1 amide bonds. The van der Waals surface area contributed by atoms with E-state index in [1.807, 2.05) is 0 Å². The van der Waals surface area contributed by atoms with Gasteiger partial charge >= 0.3 is 6.18 Å². The highest BCUT2D eigenvalue weighted by molar-refractivity contribution is 5.92. The quantitative estimate of drug-likeness (QED) is 0.701. The van der Waals surface area contributed by atoms with E-state index in [9.17, 15) is 18.0 Å². The normalized spacial score (nSPS) is 13.2. The van der Waals surface area contributed by atoms with Crippen LogP contribution in [-0.2, 0) is 17.4 Å². The number of alkyl halides is 3. The summed E-state index contributed by atoms with van der Waals surface area (Å²) in [5.74, 6) is 1.29. The molecule has 4 rings (SSSR count). The van der Waals surface area contributed by atoms with Crippen molar-refractivity contribution < 1.29 is 32.0 Å². The molecule has 0 saturated carbocycles. The lowest BCUT2D eigenvalue weighted by molar-refractivity contribution is -0.137. The number of hydrogen-bond donors (Lipinski definition) is 1. The predicted octanol–water partition coefficient (Wildman–Crippen LogP) is 4.31. The van der Waals surface area contributed by atoms with E-state index in [1.54, 1.807) is 24.3 Å². The second-order valence-corrected chi connectivity index (χ2v) is 6.34. The standard InChI is InChI=1S/C20H15F3N2O4/c21-20(22,23)13-2-4-14(5-3-13)24-19(26)11-15-10-17(29-25-15)12-1-6-16-18(9-12)28-8-7-27-16/h1-6,9-10H,7-8,11H2,(H,24,26). The van der Waals surface area contributed by atoms with Crippen LogP contribution in [0, 0.1) is 0 Å². The molecule has 0 bridgehead atoms. The molecular formula is C20H15F3N2O4. The van der Waals surface area contributed by atoms with Crippen LogP contribution in [-0.4, -0.2) is 24.3 Å². The van der Waals surface area contributed by atoms with E-state index in [-0.39, 0.29) is 12.1 Å². The zero-order valence-corrected chi connectivity index (χ0v) is 15.0. The van der Waals surface area contributed by atoms with Crippen LogP contribution in [0.1, 0.15) is 11.3 Å². The average Bonchev–Trinajstić information content (AvgIpc) is 3.15. The van der Waals surface area contributed by atoms with Crippen molar-refractivity contribution in [3.05, 3.63) is 59.8 Å². The fourth-order valence-electron chi connectivity index (χ4n) is 2.84. The lowest BCUT2D eigenvalue weighted by Crippen LogP contribution is -2.15. The number of carbonyl (C=O) groups is 1. The summed E-state index contributed by atoms with van der Waals surface area (Å²) in [4.78, 5) is 12.1. The van der Waals surface area contributed by atoms with Crippen LogP contribution >= 0.6 is 0 Å². The molecule has 0 aliphatic carbocycles. The minimum absolute atomic E-state index is 0.0882. The van der Waals surface area contributed by atoms with Crippen LogP contribution < -0.4 is 14.8 Å². The van der Waals surface area contributed by atoms with Crippen molar-refractivity contribution in [3.63, 3.8) is 0 Å². The molecule has 9 heteroatoms. The van der Waals surface area contributed by atoms with E-state index >= 15 is 0 Å². The van der Waals surface area contributed by atoms with Gasteiger partial charge in [-0.2, -0.15) is 13.2 Å². The van der Waals surface area contributed by atoms with Gasteiger partial charge in [-0.1, -0.05) is 5.16 Å². The molecule has 0 spiro atoms. The molecule has 1 aliphatic rings. The Hall–Kier alpha value is -3.49. The van der Waals surface area contributed by atoms with Crippen LogP contribution in [0.15, 0.2) is 53.1 Å². The molecule has 0 fully saturated rings. The molecule has 6 nitrogen and oxygen atoms in total. The maximum absolute atomic E-state index is 12.6. The SMILES string of the molecule is O=C(Cc1cc(-c2ccc3c(c2)OCCO3)on1)Nc1ccc(C(F)(F)F)cc1. The van der Waals surface area contributed by atoms with Crippen molar-refractivity contribution in [2.24, 2.45) is 0 Å². The number of rotatable bonds is 4. The summed E-state index contributed by atoms with van der Waals surface area (Å²) in [5.41, 5.74) is 0.588. The molecule has 1 aliphatic heterocycles. The third kappa shape index (κ3) is 4.34. The summed E-state index contributed by atoms with van der Waals surface area (Å²) >= 11 is 0. The highest BCUT2D eigenvalue weighted by Gasteiger charge is 2.30. The Labute approximate surface area is 163 Å². The number of carbonyl (C=O) groups excluding carboxylic acids is 1. The third-order valence-electron chi connectivity index (χ3n) is 4.22. The second-order valence-electron chi connectivity index (χ2n) is 6.34. The summed E-state index contributed by atoms with van der Waals surface area (Å²) < 4.78 is 54.0. The molecule has 2 heterocycles. The van der Waals surface area contributed by atoms with Crippen molar-refractivity contribution in [1.29, 1.82) is 0 Å². The first-order chi connectivity index (χ1) is 13.9. The lowest BCUT2D eigenvalue weighted by atomic mass is 10.1. The number of ether oxygens (including phenoxy) is 2. The van der Waals surface area contributed by atoms with E-state index in [1.165, 1.54) is 12.1 Å². The summed E-state index contributed by atoms with van der Waals surface area (Å²) in [6.45, 7) is 0.953. The van der Waals surface area contributed by atoms with Gasteiger partial charge in [0.25, 0.3) is 0 Å². The molecule has 1 aromatic heterocycles. The predicted molar refractivity (Wildman–Crippen MR) is 96.7 cm³/mol. The van der Waals surface area contributed by atoms with Crippen LogP contribution in [0.3, 0.4) is 0 Å². The van der Waals surface area contributed by atoms with Crippen molar-refractivity contribution in [1.82, 2.24) is 5.16 Å². The van der Waals surface area contributed by atoms with E-state index in [0.717, 1.165) is 17.7 Å². The maximum atomic E-state index is 12.6. The van der Waals surface area contributed by atoms with Gasteiger partial charge in [0.15, 0.2) is 17.3 Å². The first-order valence-corrected chi connectivity index (χ1v) is 8.71. The highest BCUT2D eigenvalue weighted by Crippen LogP contribution is 2.34. The topological polar surface area (TPSA) is 73.6 Å². The average molecular weight is 404 g/mol. The van der Waals surface area contributed by atoms with Gasteiger partial charge < -0.3 is 19.3 Å². The Morgan fingerprint density at radius 1 is 1.00 bits per heavy atom. The van der Waals surface area contributed by atoms with E-state index in [4.69, 9.17) is 14.0 Å². The van der Waals surface area contributed by atoms with Crippen molar-refractivity contribution in [2.75, 3.05) is 18.5 Å². The first kappa shape index (κ1) is 18.9. The number of nitrogens with one attached hydrogen (secondary N) is 1. The Kier molecular flexibility index (Phi) is 4.87. The van der Waals surface area contributed by atoms with Gasteiger partial charge in [-0.3, -0.25) is 4.79 Å². The number of benzene rings is 2. The molecule has 3 aromatic rings. The molecule has 0 saturated heterocycles. The van der Waals surface area contributed by atoms with Crippen molar-refractivity contribution in [2.45, 2.75) is 12.6 Å². The Morgan fingerprint density at radius 2 is 1.72 bits per heavy atom. The number of aromatic nitrogens is 1. The second kappa shape index (κ2) is 7.50. The molecule has 150 valence electrons. The largest absolute Gasteiger partial charge is 0.486 e. The van der Waals surface area contributed by atoms with E-state index < -0.39 is 17.6 Å². The molecule has 0 radical (unpaired) electrons. The van der Waals surface area contributed by atoms with Gasteiger partial charge in [-0.05, 0) is 42.5 Å². The minimum atomic E-state index is -4.42. The molecule has 0 unspecified atom stereocenters. The Bertz CT molecular complexity index is 1030. The molecule has 2 aromatic carbocycles. The van der Waals surface area contributed by atoms with Crippen LogP contribution in [0.2, 0.25) is 0 Å². The zero-order chi connectivity index (χ0) is 20.4.